The first-order valence-electron chi connectivity index (χ1n) is 9.78. The number of likely N-dealkylation sites (tertiary alicyclic amines) is 1. The Morgan fingerprint density at radius 2 is 1.96 bits per heavy atom. The Morgan fingerprint density at radius 3 is 2.68 bits per heavy atom. The standard InChI is InChI=1S/C19H29N5O/c1-14-20-9-6-18(21-14)23-11-7-17(8-12-23)24-10-2-3-15(13-24)19(25)22-16-4-5-16/h6,9,15-17H,2-5,7-8,10-13H2,1H3,(H,22,25)/t15-/m0/s1. The highest BCUT2D eigenvalue weighted by atomic mass is 16.2. The van der Waals surface area contributed by atoms with Crippen LogP contribution in [0.4, 0.5) is 5.82 Å². The molecule has 25 heavy (non-hydrogen) atoms. The number of hydrogen-bond acceptors (Lipinski definition) is 5. The first-order chi connectivity index (χ1) is 12.2. The van der Waals surface area contributed by atoms with Crippen molar-refractivity contribution < 1.29 is 4.79 Å². The van der Waals surface area contributed by atoms with Gasteiger partial charge < -0.3 is 10.2 Å². The van der Waals surface area contributed by atoms with Gasteiger partial charge in [0.25, 0.3) is 0 Å². The Bertz CT molecular complexity index is 610. The fourth-order valence-corrected chi connectivity index (χ4v) is 4.18. The molecule has 0 radical (unpaired) electrons. The zero-order valence-electron chi connectivity index (χ0n) is 15.2. The zero-order valence-corrected chi connectivity index (χ0v) is 15.2. The Morgan fingerprint density at radius 1 is 1.16 bits per heavy atom. The van der Waals surface area contributed by atoms with E-state index in [1.165, 1.54) is 12.8 Å². The van der Waals surface area contributed by atoms with Crippen LogP contribution in [0.15, 0.2) is 12.3 Å². The average Bonchev–Trinajstić information content (AvgIpc) is 3.46. The Labute approximate surface area is 150 Å². The van der Waals surface area contributed by atoms with Gasteiger partial charge in [0.1, 0.15) is 11.6 Å². The molecule has 1 aliphatic carbocycles. The van der Waals surface area contributed by atoms with Crippen molar-refractivity contribution in [3.8, 4) is 0 Å². The van der Waals surface area contributed by atoms with E-state index in [1.54, 1.807) is 0 Å². The van der Waals surface area contributed by atoms with Crippen LogP contribution < -0.4 is 10.2 Å². The van der Waals surface area contributed by atoms with Crippen LogP contribution in [-0.4, -0.2) is 59.0 Å². The van der Waals surface area contributed by atoms with E-state index >= 15 is 0 Å². The number of nitrogens with zero attached hydrogens (tertiary/aromatic N) is 4. The maximum atomic E-state index is 12.4. The lowest BCUT2D eigenvalue weighted by molar-refractivity contribution is -0.127. The van der Waals surface area contributed by atoms with Crippen molar-refractivity contribution in [2.45, 2.75) is 57.5 Å². The van der Waals surface area contributed by atoms with Gasteiger partial charge in [-0.15, -0.1) is 0 Å². The molecule has 1 saturated carbocycles. The van der Waals surface area contributed by atoms with E-state index in [1.807, 2.05) is 19.2 Å². The number of aryl methyl sites for hydroxylation is 1. The van der Waals surface area contributed by atoms with Crippen LogP contribution in [0.2, 0.25) is 0 Å². The van der Waals surface area contributed by atoms with Crippen LogP contribution in [0.1, 0.15) is 44.3 Å². The van der Waals surface area contributed by atoms with Crippen molar-refractivity contribution >= 4 is 11.7 Å². The van der Waals surface area contributed by atoms with E-state index in [0.717, 1.165) is 63.5 Å². The van der Waals surface area contributed by atoms with Gasteiger partial charge in [-0.25, -0.2) is 9.97 Å². The van der Waals surface area contributed by atoms with Crippen LogP contribution >= 0.6 is 0 Å². The number of amides is 1. The predicted octanol–water partition coefficient (Wildman–Crippen LogP) is 1.74. The van der Waals surface area contributed by atoms with Gasteiger partial charge in [0, 0.05) is 37.9 Å². The molecule has 0 bridgehead atoms. The summed E-state index contributed by atoms with van der Waals surface area (Å²) >= 11 is 0. The lowest BCUT2D eigenvalue weighted by Gasteiger charge is -2.42. The SMILES string of the molecule is Cc1nccc(N2CCC(N3CCC[C@H](C(=O)NC4CC4)C3)CC2)n1. The summed E-state index contributed by atoms with van der Waals surface area (Å²) in [5.74, 6) is 2.37. The number of piperidine rings is 2. The minimum atomic E-state index is 0.192. The summed E-state index contributed by atoms with van der Waals surface area (Å²) < 4.78 is 0. The summed E-state index contributed by atoms with van der Waals surface area (Å²) in [4.78, 5) is 26.1. The van der Waals surface area contributed by atoms with Gasteiger partial charge in [0.05, 0.1) is 5.92 Å². The fourth-order valence-electron chi connectivity index (χ4n) is 4.18. The molecule has 136 valence electrons. The minimum Gasteiger partial charge on any atom is -0.356 e. The molecule has 3 fully saturated rings. The van der Waals surface area contributed by atoms with Crippen molar-refractivity contribution in [3.63, 3.8) is 0 Å². The van der Waals surface area contributed by atoms with Gasteiger partial charge in [0.15, 0.2) is 0 Å². The molecule has 3 heterocycles. The molecule has 0 aromatic carbocycles. The molecule has 0 spiro atoms. The molecule has 2 saturated heterocycles. The summed E-state index contributed by atoms with van der Waals surface area (Å²) in [6.45, 7) is 6.10. The van der Waals surface area contributed by atoms with Crippen LogP contribution in [0.3, 0.4) is 0 Å². The third-order valence-corrected chi connectivity index (χ3v) is 5.81. The van der Waals surface area contributed by atoms with Crippen LogP contribution in [-0.2, 0) is 4.79 Å². The molecule has 1 aromatic heterocycles. The van der Waals surface area contributed by atoms with E-state index in [4.69, 9.17) is 0 Å². The van der Waals surface area contributed by atoms with Gasteiger partial charge in [-0.05, 0) is 58.1 Å². The summed E-state index contributed by atoms with van der Waals surface area (Å²) in [6, 6.07) is 3.09. The second-order valence-corrected chi connectivity index (χ2v) is 7.80. The number of carbonyl (C=O) groups excluding carboxylic acids is 1. The minimum absolute atomic E-state index is 0.192. The highest BCUT2D eigenvalue weighted by molar-refractivity contribution is 5.79. The molecule has 1 aromatic rings. The molecule has 1 N–H and O–H groups in total. The van der Waals surface area contributed by atoms with Crippen molar-refractivity contribution in [2.24, 2.45) is 5.92 Å². The first kappa shape index (κ1) is 16.8. The molecule has 3 aliphatic rings. The quantitative estimate of drug-likeness (QED) is 0.902. The first-order valence-corrected chi connectivity index (χ1v) is 9.78. The van der Waals surface area contributed by atoms with E-state index in [9.17, 15) is 4.79 Å². The zero-order chi connectivity index (χ0) is 17.2. The van der Waals surface area contributed by atoms with E-state index in [-0.39, 0.29) is 5.92 Å². The van der Waals surface area contributed by atoms with Gasteiger partial charge in [0.2, 0.25) is 5.91 Å². The van der Waals surface area contributed by atoms with E-state index in [2.05, 4.69) is 25.1 Å². The number of aromatic nitrogens is 2. The number of carbonyl (C=O) groups is 1. The third-order valence-electron chi connectivity index (χ3n) is 5.81. The van der Waals surface area contributed by atoms with Crippen molar-refractivity contribution in [3.05, 3.63) is 18.1 Å². The fraction of sp³-hybridized carbons (Fsp3) is 0.737. The van der Waals surface area contributed by atoms with Gasteiger partial charge in [-0.3, -0.25) is 9.69 Å². The smallest absolute Gasteiger partial charge is 0.224 e. The number of anilines is 1. The van der Waals surface area contributed by atoms with Gasteiger partial charge >= 0.3 is 0 Å². The molecule has 2 aliphatic heterocycles. The Kier molecular flexibility index (Phi) is 4.88. The predicted molar refractivity (Wildman–Crippen MR) is 97.5 cm³/mol. The Hall–Kier alpha value is -1.69. The molecule has 6 heteroatoms. The lowest BCUT2D eigenvalue weighted by atomic mass is 9.93. The van der Waals surface area contributed by atoms with Crippen LogP contribution in [0, 0.1) is 12.8 Å². The summed E-state index contributed by atoms with van der Waals surface area (Å²) in [5, 5.41) is 3.19. The molecule has 0 unspecified atom stereocenters. The normalized spacial score (nSPS) is 25.8. The van der Waals surface area contributed by atoms with Crippen LogP contribution in [0.25, 0.3) is 0 Å². The monoisotopic (exact) mass is 343 g/mol. The second kappa shape index (κ2) is 7.28. The highest BCUT2D eigenvalue weighted by Gasteiger charge is 2.33. The third kappa shape index (κ3) is 4.11. The van der Waals surface area contributed by atoms with Gasteiger partial charge in [-0.1, -0.05) is 0 Å². The molecule has 1 atom stereocenters. The van der Waals surface area contributed by atoms with E-state index < -0.39 is 0 Å². The Balaban J connectivity index is 1.30. The van der Waals surface area contributed by atoms with Crippen LogP contribution in [0.5, 0.6) is 0 Å². The van der Waals surface area contributed by atoms with Gasteiger partial charge in [-0.2, -0.15) is 0 Å². The molecule has 1 amide bonds. The lowest BCUT2D eigenvalue weighted by Crippen LogP contribution is -2.51. The van der Waals surface area contributed by atoms with Crippen molar-refractivity contribution in [1.82, 2.24) is 20.2 Å². The summed E-state index contributed by atoms with van der Waals surface area (Å²) in [5.41, 5.74) is 0. The van der Waals surface area contributed by atoms with E-state index in [0.29, 0.717) is 18.0 Å². The topological polar surface area (TPSA) is 61.4 Å². The van der Waals surface area contributed by atoms with Crippen molar-refractivity contribution in [2.75, 3.05) is 31.1 Å². The largest absolute Gasteiger partial charge is 0.356 e. The number of hydrogen-bond donors (Lipinski definition) is 1. The molecular weight excluding hydrogens is 314 g/mol. The number of nitrogens with one attached hydrogen (secondary N) is 1. The maximum Gasteiger partial charge on any atom is 0.224 e. The molecular formula is C19H29N5O. The number of rotatable bonds is 4. The van der Waals surface area contributed by atoms with Crippen molar-refractivity contribution in [1.29, 1.82) is 0 Å². The average molecular weight is 343 g/mol. The highest BCUT2D eigenvalue weighted by Crippen LogP contribution is 2.27. The summed E-state index contributed by atoms with van der Waals surface area (Å²) in [7, 11) is 0. The maximum absolute atomic E-state index is 12.4. The molecule has 6 nitrogen and oxygen atoms in total. The summed E-state index contributed by atoms with van der Waals surface area (Å²) in [6.07, 6.45) is 8.69. The second-order valence-electron chi connectivity index (χ2n) is 7.80. The molecule has 4 rings (SSSR count).